The molecule has 11 heteroatoms. The van der Waals surface area contributed by atoms with E-state index in [0.29, 0.717) is 51.1 Å². The van der Waals surface area contributed by atoms with Gasteiger partial charge in [-0.15, -0.1) is 0 Å². The monoisotopic (exact) mass is 832 g/mol. The number of hydrogen-bond acceptors (Lipinski definition) is 9. The largest absolute Gasteiger partial charge is 0.481 e. The average molecular weight is 832 g/mol. The van der Waals surface area contributed by atoms with Crippen LogP contribution in [0.2, 0.25) is 0 Å². The van der Waals surface area contributed by atoms with Crippen LogP contribution in [0.25, 0.3) is 0 Å². The van der Waals surface area contributed by atoms with E-state index in [1.807, 2.05) is 28.0 Å². The minimum absolute atomic E-state index is 0.0142. The van der Waals surface area contributed by atoms with Crippen molar-refractivity contribution >= 4 is 23.6 Å². The number of esters is 1. The van der Waals surface area contributed by atoms with Gasteiger partial charge in [0, 0.05) is 49.6 Å². The Morgan fingerprint density at radius 1 is 0.967 bits per heavy atom. The first-order chi connectivity index (χ1) is 28.1. The van der Waals surface area contributed by atoms with Crippen LogP contribution in [0.3, 0.4) is 0 Å². The van der Waals surface area contributed by atoms with E-state index in [4.69, 9.17) is 9.47 Å². The highest BCUT2D eigenvalue weighted by atomic mass is 16.5. The summed E-state index contributed by atoms with van der Waals surface area (Å²) in [7, 11) is 0. The highest BCUT2D eigenvalue weighted by Gasteiger charge is 2.71. The van der Waals surface area contributed by atoms with Crippen LogP contribution in [0, 0.1) is 56.2 Å². The number of aliphatic hydroxyl groups excluding tert-OH is 1. The molecule has 1 saturated heterocycles. The number of amides is 1. The molecule has 6 aliphatic rings. The second-order valence-electron chi connectivity index (χ2n) is 22.1. The molecule has 1 amide bonds. The van der Waals surface area contributed by atoms with E-state index in [9.17, 15) is 29.4 Å². The summed E-state index contributed by atoms with van der Waals surface area (Å²) in [6, 6.07) is 5.79. The van der Waals surface area contributed by atoms with Crippen molar-refractivity contribution in [1.29, 1.82) is 0 Å². The zero-order valence-electron chi connectivity index (χ0n) is 38.0. The fraction of sp³-hybridized carbons (Fsp3) is 0.776. The molecule has 0 spiro atoms. The van der Waals surface area contributed by atoms with Crippen molar-refractivity contribution < 1.29 is 38.9 Å². The zero-order valence-corrected chi connectivity index (χ0v) is 38.0. The number of carboxylic acid groups (broad SMARTS) is 1. The molecule has 60 heavy (non-hydrogen) atoms. The molecule has 0 bridgehead atoms. The van der Waals surface area contributed by atoms with Crippen molar-refractivity contribution in [3.8, 4) is 0 Å². The van der Waals surface area contributed by atoms with Crippen LogP contribution in [-0.4, -0.2) is 100 Å². The smallest absolute Gasteiger partial charge is 0.309 e. The number of nitrogens with zero attached hydrogens (tertiary/aromatic N) is 3. The fourth-order valence-corrected chi connectivity index (χ4v) is 14.3. The Bertz CT molecular complexity index is 1850. The van der Waals surface area contributed by atoms with Crippen molar-refractivity contribution in [3.05, 3.63) is 41.2 Å². The summed E-state index contributed by atoms with van der Waals surface area (Å²) in [5.41, 5.74) is 0.738. The maximum absolute atomic E-state index is 14.4. The van der Waals surface area contributed by atoms with Gasteiger partial charge < -0.3 is 24.6 Å². The molecule has 4 saturated carbocycles. The number of pyridine rings is 1. The number of morpholine rings is 1. The molecule has 0 aromatic carbocycles. The Balaban J connectivity index is 1.16. The number of ether oxygens (including phenoxy) is 2. The molecule has 0 radical (unpaired) electrons. The van der Waals surface area contributed by atoms with Gasteiger partial charge in [0.05, 0.1) is 43.4 Å². The van der Waals surface area contributed by atoms with Crippen molar-refractivity contribution in [1.82, 2.24) is 14.8 Å². The first-order valence-corrected chi connectivity index (χ1v) is 23.0. The van der Waals surface area contributed by atoms with Gasteiger partial charge in [-0.1, -0.05) is 60.1 Å². The third-order valence-corrected chi connectivity index (χ3v) is 17.8. The number of rotatable bonds is 12. The first-order valence-electron chi connectivity index (χ1n) is 23.0. The number of aromatic nitrogens is 1. The summed E-state index contributed by atoms with van der Waals surface area (Å²) in [6.45, 7) is 22.5. The van der Waals surface area contributed by atoms with Gasteiger partial charge in [0.2, 0.25) is 5.91 Å². The molecule has 9 atom stereocenters. The number of fused-ring (bicyclic) bond motifs is 7. The highest BCUT2D eigenvalue weighted by molar-refractivity contribution is 6.00. The molecule has 0 unspecified atom stereocenters. The predicted molar refractivity (Wildman–Crippen MR) is 228 cm³/mol. The highest BCUT2D eigenvalue weighted by Crippen LogP contribution is 2.77. The van der Waals surface area contributed by atoms with E-state index >= 15 is 0 Å². The van der Waals surface area contributed by atoms with Gasteiger partial charge in [0.15, 0.2) is 5.78 Å². The zero-order chi connectivity index (χ0) is 43.6. The van der Waals surface area contributed by atoms with Crippen LogP contribution in [0.1, 0.15) is 132 Å². The van der Waals surface area contributed by atoms with E-state index < -0.39 is 28.9 Å². The second kappa shape index (κ2) is 16.2. The van der Waals surface area contributed by atoms with Crippen LogP contribution < -0.4 is 0 Å². The lowest BCUT2D eigenvalue weighted by Gasteiger charge is -2.72. The third-order valence-electron chi connectivity index (χ3n) is 17.8. The molecule has 1 aliphatic heterocycles. The lowest BCUT2D eigenvalue weighted by molar-refractivity contribution is -0.235. The normalized spacial score (nSPS) is 35.7. The van der Waals surface area contributed by atoms with Crippen molar-refractivity contribution in [2.75, 3.05) is 39.4 Å². The van der Waals surface area contributed by atoms with Gasteiger partial charge >= 0.3 is 11.9 Å². The third kappa shape index (κ3) is 7.48. The van der Waals surface area contributed by atoms with Gasteiger partial charge in [0.1, 0.15) is 6.10 Å². The molecule has 1 aromatic heterocycles. The quantitative estimate of drug-likeness (QED) is 0.203. The Labute approximate surface area is 358 Å². The van der Waals surface area contributed by atoms with E-state index in [-0.39, 0.29) is 70.8 Å². The summed E-state index contributed by atoms with van der Waals surface area (Å²) in [5, 5.41) is 22.4. The summed E-state index contributed by atoms with van der Waals surface area (Å²) in [5.74, 6) is -0.285. The number of carboxylic acids is 1. The average Bonchev–Trinajstić information content (AvgIpc) is 3.50. The van der Waals surface area contributed by atoms with Gasteiger partial charge in [-0.05, 0) is 123 Å². The maximum Gasteiger partial charge on any atom is 0.309 e. The van der Waals surface area contributed by atoms with Gasteiger partial charge in [0.25, 0.3) is 0 Å². The van der Waals surface area contributed by atoms with Gasteiger partial charge in [-0.3, -0.25) is 29.1 Å². The number of Topliss-reactive ketones (excluding diaryl/α,β-unsaturated/α-hetero) is 1. The van der Waals surface area contributed by atoms with E-state index in [1.54, 1.807) is 20.0 Å². The fourth-order valence-electron chi connectivity index (χ4n) is 14.3. The number of allylic oxidation sites excluding steroid dienone is 1. The van der Waals surface area contributed by atoms with Crippen LogP contribution in [0.5, 0.6) is 0 Å². The molecule has 332 valence electrons. The van der Waals surface area contributed by atoms with Crippen molar-refractivity contribution in [2.24, 2.45) is 56.2 Å². The first kappa shape index (κ1) is 44.9. The number of carbonyl (C=O) groups excluding carboxylic acids is 3. The standard InChI is InChI=1S/C49H73N3O8/c1-31(2)41-34(53)26-49(37(54)29-51(28-32-12-10-11-21-50-32)30-39(55)52-22-24-59-25-23-52)20-19-47(8)33(42(41)49)13-14-36-46(7)17-16-38(60-40(56)27-44(3,4)43(57)58)45(5,6)35(46)15-18-48(36,47)9/h10-12,21,31,33,35-38,54H,13-20,22-30H2,1-9H3,(H,57,58)/t33-,35+,36-,37+,38+,46+,47-,48-,49+/m1/s1. The molecular formula is C49H73N3O8. The van der Waals surface area contributed by atoms with E-state index in [2.05, 4.69) is 53.5 Å². The van der Waals surface area contributed by atoms with Crippen molar-refractivity contribution in [2.45, 2.75) is 145 Å². The van der Waals surface area contributed by atoms with Gasteiger partial charge in [-0.2, -0.15) is 0 Å². The molecule has 2 heterocycles. The molecule has 5 fully saturated rings. The predicted octanol–water partition coefficient (Wildman–Crippen LogP) is 7.50. The summed E-state index contributed by atoms with van der Waals surface area (Å²) < 4.78 is 11.7. The molecule has 1 aromatic rings. The van der Waals surface area contributed by atoms with Crippen LogP contribution in [-0.2, 0) is 35.2 Å². The van der Waals surface area contributed by atoms with Crippen LogP contribution in [0.4, 0.5) is 0 Å². The molecule has 7 rings (SSSR count). The Hall–Kier alpha value is -3.15. The van der Waals surface area contributed by atoms with Gasteiger partial charge in [-0.25, -0.2) is 0 Å². The maximum atomic E-state index is 14.4. The van der Waals surface area contributed by atoms with Crippen LogP contribution >= 0.6 is 0 Å². The molecule has 11 nitrogen and oxygen atoms in total. The van der Waals surface area contributed by atoms with E-state index in [0.717, 1.165) is 62.6 Å². The van der Waals surface area contributed by atoms with E-state index in [1.165, 1.54) is 5.57 Å². The second-order valence-corrected chi connectivity index (χ2v) is 22.1. The van der Waals surface area contributed by atoms with Crippen LogP contribution in [0.15, 0.2) is 35.5 Å². The number of carbonyl (C=O) groups is 4. The summed E-state index contributed by atoms with van der Waals surface area (Å²) in [6.07, 6.45) is 8.20. The number of hydrogen-bond donors (Lipinski definition) is 2. The number of aliphatic carboxylic acids is 1. The molecule has 5 aliphatic carbocycles. The Kier molecular flexibility index (Phi) is 12.1. The minimum Gasteiger partial charge on any atom is -0.481 e. The number of aliphatic hydroxyl groups is 1. The Morgan fingerprint density at radius 2 is 1.68 bits per heavy atom. The lowest BCUT2D eigenvalue weighted by Crippen LogP contribution is -2.66. The Morgan fingerprint density at radius 3 is 2.33 bits per heavy atom. The molecular weight excluding hydrogens is 759 g/mol. The minimum atomic E-state index is -1.19. The van der Waals surface area contributed by atoms with Crippen molar-refractivity contribution in [3.63, 3.8) is 0 Å². The number of ketones is 1. The SMILES string of the molecule is CC(C)C1=C2[C@H]3CC[C@@H]4[C@@]5(C)CC[C@H](OC(=O)CC(C)(C)C(=O)O)C(C)(C)[C@@H]5CC[C@@]4(C)[C@]3(C)CC[C@@]2([C@@H](O)CN(CC(=O)N2CCOCC2)Cc2ccccn2)CC1=O. The summed E-state index contributed by atoms with van der Waals surface area (Å²) >= 11 is 0. The lowest BCUT2D eigenvalue weighted by atomic mass is 9.33. The summed E-state index contributed by atoms with van der Waals surface area (Å²) in [4.78, 5) is 61.6. The topological polar surface area (TPSA) is 147 Å². The molecule has 2 N–H and O–H groups in total.